The minimum atomic E-state index is 0. The summed E-state index contributed by atoms with van der Waals surface area (Å²) < 4.78 is 17.0. The average Bonchev–Trinajstić information content (AvgIpc) is 2.40. The minimum Gasteiger partial charge on any atom is -0.388 e. The van der Waals surface area contributed by atoms with Crippen molar-refractivity contribution < 1.29 is 25.1 Å². The first kappa shape index (κ1) is 70.0. The predicted octanol–water partition coefficient (Wildman–Crippen LogP) is 5.80. The van der Waals surface area contributed by atoms with E-state index < -0.39 is 0 Å². The SMILES string of the molecule is C.C.CC.CC.CC.COC.COC.COC.COC.F.[2HH]. The third kappa shape index (κ3) is 118000. The van der Waals surface area contributed by atoms with Gasteiger partial charge in [0.05, 0.1) is 0 Å². The number of hydrogen-bond acceptors (Lipinski definition) is 4. The standard InChI is InChI=1S/4C2H6O.3C2H6.2CH4.FH.H2/c4*1-3-2;3*1-2;;;;/h4*1-2H3;3*1-2H3;2*1H4;2*1H/i;;;;;;;;;;1+1. The predicted molar refractivity (Wildman–Crippen MR) is 104 cm³/mol. The highest BCUT2D eigenvalue weighted by Gasteiger charge is 1.26. The molecule has 0 aromatic carbocycles. The fourth-order valence-corrected chi connectivity index (χ4v) is 0. The van der Waals surface area contributed by atoms with E-state index in [0.29, 0.717) is 0 Å². The quantitative estimate of drug-likeness (QED) is 0.563. The zero-order chi connectivity index (χ0) is 16.8. The fourth-order valence-electron chi connectivity index (χ4n) is 0. The molecule has 0 atom stereocenters. The Morgan fingerprint density at radius 2 is 0.381 bits per heavy atom. The van der Waals surface area contributed by atoms with E-state index in [1.807, 2.05) is 41.5 Å². The van der Waals surface area contributed by atoms with Crippen LogP contribution in [0.4, 0.5) is 4.70 Å². The molecule has 21 heavy (non-hydrogen) atoms. The molecular formula is C16H53FO4. The minimum absolute atomic E-state index is 0. The fraction of sp³-hybridized carbons (Fsp3) is 1.00. The Morgan fingerprint density at radius 3 is 0.381 bits per heavy atom. The molecule has 0 amide bonds. The van der Waals surface area contributed by atoms with Crippen LogP contribution in [0.15, 0.2) is 0 Å². The zero-order valence-electron chi connectivity index (χ0n) is 16.0. The Morgan fingerprint density at radius 1 is 0.381 bits per heavy atom. The lowest BCUT2D eigenvalue weighted by Crippen LogP contribution is -1.55. The molecule has 0 aliphatic heterocycles. The lowest BCUT2D eigenvalue weighted by molar-refractivity contribution is 0.277. The van der Waals surface area contributed by atoms with E-state index in [2.05, 4.69) is 18.9 Å². The maximum absolute atomic E-state index is 4.25. The molecule has 0 saturated carbocycles. The molecule has 0 aliphatic carbocycles. The Balaban J connectivity index is -0.00000000698. The van der Waals surface area contributed by atoms with Gasteiger partial charge in [0.15, 0.2) is 0 Å². The summed E-state index contributed by atoms with van der Waals surface area (Å²) in [6, 6.07) is 0. The molecule has 0 aromatic heterocycles. The van der Waals surface area contributed by atoms with Gasteiger partial charge in [-0.3, -0.25) is 4.70 Å². The summed E-state index contributed by atoms with van der Waals surface area (Å²) >= 11 is 0. The van der Waals surface area contributed by atoms with Crippen LogP contribution in [-0.4, -0.2) is 56.9 Å². The van der Waals surface area contributed by atoms with Crippen molar-refractivity contribution in [3.05, 3.63) is 0 Å². The highest BCUT2D eigenvalue weighted by atomic mass is 19.0. The summed E-state index contributed by atoms with van der Waals surface area (Å²) in [5.41, 5.74) is 0. The van der Waals surface area contributed by atoms with Crippen LogP contribution in [0, 0.1) is 0 Å². The molecule has 0 fully saturated rings. The number of hydrogen-bond donors (Lipinski definition) is 0. The molecule has 0 aromatic rings. The molecule has 148 valence electrons. The Bertz CT molecular complexity index is 34.1. The van der Waals surface area contributed by atoms with Crippen molar-refractivity contribution in [2.75, 3.05) is 56.9 Å². The van der Waals surface area contributed by atoms with Crippen LogP contribution in [0.3, 0.4) is 0 Å². The molecular weight excluding hydrogens is 275 g/mol. The first-order valence-corrected chi connectivity index (χ1v) is 6.27. The van der Waals surface area contributed by atoms with Crippen LogP contribution in [0.1, 0.15) is 57.8 Å². The van der Waals surface area contributed by atoms with Crippen LogP contribution in [0.5, 0.6) is 0 Å². The number of ether oxygens (including phenoxy) is 4. The Hall–Kier alpha value is -0.230. The van der Waals surface area contributed by atoms with Crippen LogP contribution in [0.2, 0.25) is 0 Å². The molecule has 0 heterocycles. The Kier molecular flexibility index (Phi) is 1630. The second-order valence-electron chi connectivity index (χ2n) is 1.63. The van der Waals surface area contributed by atoms with Crippen molar-refractivity contribution in [2.45, 2.75) is 56.4 Å². The molecule has 0 bridgehead atoms. The topological polar surface area (TPSA) is 36.9 Å². The van der Waals surface area contributed by atoms with E-state index in [1.165, 1.54) is 0 Å². The van der Waals surface area contributed by atoms with Gasteiger partial charge in [-0.05, 0) is 0 Å². The summed E-state index contributed by atoms with van der Waals surface area (Å²) in [5, 5.41) is 0. The maximum atomic E-state index is 4.25. The first-order valence-electron chi connectivity index (χ1n) is 6.27. The highest BCUT2D eigenvalue weighted by molar-refractivity contribution is 3.57. The van der Waals surface area contributed by atoms with Gasteiger partial charge in [0.1, 0.15) is 0 Å². The zero-order valence-corrected chi connectivity index (χ0v) is 16.0. The molecule has 0 unspecified atom stereocenters. The molecule has 0 N–H and O–H groups in total. The van der Waals surface area contributed by atoms with Gasteiger partial charge in [-0.25, -0.2) is 0 Å². The van der Waals surface area contributed by atoms with Gasteiger partial charge < -0.3 is 18.9 Å². The average molecular weight is 330 g/mol. The van der Waals surface area contributed by atoms with E-state index in [9.17, 15) is 0 Å². The smallest absolute Gasteiger partial charge is 0.0351 e. The van der Waals surface area contributed by atoms with E-state index in [4.69, 9.17) is 0 Å². The lowest BCUT2D eigenvalue weighted by Gasteiger charge is -1.61. The van der Waals surface area contributed by atoms with Gasteiger partial charge in [0.2, 0.25) is 0 Å². The van der Waals surface area contributed by atoms with Crippen LogP contribution in [-0.2, 0) is 18.9 Å². The molecule has 0 radical (unpaired) electrons. The molecule has 0 aliphatic rings. The Labute approximate surface area is 139 Å². The molecule has 4 nitrogen and oxygen atoms in total. The summed E-state index contributed by atoms with van der Waals surface area (Å²) in [7, 11) is 13.0. The van der Waals surface area contributed by atoms with Crippen molar-refractivity contribution in [1.82, 2.24) is 0 Å². The van der Waals surface area contributed by atoms with E-state index in [0.717, 1.165) is 0 Å². The van der Waals surface area contributed by atoms with Gasteiger partial charge in [-0.2, -0.15) is 0 Å². The molecule has 0 rings (SSSR count). The van der Waals surface area contributed by atoms with Crippen molar-refractivity contribution in [3.63, 3.8) is 0 Å². The summed E-state index contributed by atoms with van der Waals surface area (Å²) in [4.78, 5) is 0. The van der Waals surface area contributed by atoms with E-state index in [-0.39, 0.29) is 21.0 Å². The first-order chi connectivity index (χ1) is 8.66. The summed E-state index contributed by atoms with van der Waals surface area (Å²) in [6.07, 6.45) is 0. The van der Waals surface area contributed by atoms with Crippen molar-refractivity contribution in [1.29, 1.82) is 0 Å². The lowest BCUT2D eigenvalue weighted by atomic mass is 11.0. The van der Waals surface area contributed by atoms with Gasteiger partial charge >= 0.3 is 0 Å². The maximum Gasteiger partial charge on any atom is 0.0351 e. The monoisotopic (exact) mass is 329 g/mol. The van der Waals surface area contributed by atoms with Gasteiger partial charge in [-0.15, -0.1) is 0 Å². The second kappa shape index (κ2) is 490. The number of methoxy groups -OCH3 is 4. The van der Waals surface area contributed by atoms with E-state index >= 15 is 0 Å². The summed E-state index contributed by atoms with van der Waals surface area (Å²) in [5.74, 6) is 0. The second-order valence-corrected chi connectivity index (χ2v) is 1.63. The van der Waals surface area contributed by atoms with Gasteiger partial charge in [0, 0.05) is 58.3 Å². The van der Waals surface area contributed by atoms with Crippen molar-refractivity contribution >= 4 is 0 Å². The van der Waals surface area contributed by atoms with Crippen molar-refractivity contribution in [2.24, 2.45) is 0 Å². The highest BCUT2D eigenvalue weighted by Crippen LogP contribution is 1.29. The van der Waals surface area contributed by atoms with Crippen LogP contribution in [0.25, 0.3) is 0 Å². The van der Waals surface area contributed by atoms with E-state index in [1.54, 1.807) is 56.9 Å². The molecule has 0 spiro atoms. The molecule has 0 saturated heterocycles. The van der Waals surface area contributed by atoms with Gasteiger partial charge in [0.25, 0.3) is 0 Å². The van der Waals surface area contributed by atoms with Crippen molar-refractivity contribution in [3.8, 4) is 0 Å². The molecule has 5 heteroatoms. The van der Waals surface area contributed by atoms with Crippen LogP contribution >= 0.6 is 0 Å². The third-order valence-corrected chi connectivity index (χ3v) is 0. The number of rotatable bonds is 0. The third-order valence-electron chi connectivity index (χ3n) is 0. The van der Waals surface area contributed by atoms with Gasteiger partial charge in [-0.1, -0.05) is 56.4 Å². The normalized spacial score (nSPS) is 4.29. The number of halogens is 1. The van der Waals surface area contributed by atoms with Crippen LogP contribution < -0.4 is 0 Å². The summed E-state index contributed by atoms with van der Waals surface area (Å²) in [6.45, 7) is 12.0. The largest absolute Gasteiger partial charge is 0.388 e.